The van der Waals surface area contributed by atoms with Gasteiger partial charge in [-0.25, -0.2) is 4.98 Å². The molecule has 0 fully saturated rings. The maximum absolute atomic E-state index is 5.57. The summed E-state index contributed by atoms with van der Waals surface area (Å²) in [5.74, 6) is 1.02. The molecule has 0 saturated heterocycles. The molecule has 0 saturated carbocycles. The van der Waals surface area contributed by atoms with Crippen molar-refractivity contribution in [1.29, 1.82) is 0 Å². The lowest BCUT2D eigenvalue weighted by molar-refractivity contribution is 1.14. The molecule has 1 aromatic carbocycles. The van der Waals surface area contributed by atoms with Gasteiger partial charge in [0.2, 0.25) is 5.95 Å². The van der Waals surface area contributed by atoms with Crippen LogP contribution < -0.4 is 11.1 Å². The van der Waals surface area contributed by atoms with Crippen LogP contribution in [0.1, 0.15) is 5.56 Å². The molecule has 0 radical (unpaired) electrons. The third-order valence-electron chi connectivity index (χ3n) is 2.32. The van der Waals surface area contributed by atoms with Crippen LogP contribution in [0.25, 0.3) is 0 Å². The van der Waals surface area contributed by atoms with Gasteiger partial charge in [0.25, 0.3) is 0 Å². The molecule has 0 bridgehead atoms. The van der Waals surface area contributed by atoms with E-state index in [1.54, 1.807) is 18.0 Å². The first-order chi connectivity index (χ1) is 8.19. The Labute approximate surface area is 105 Å². The molecule has 1 aromatic heterocycles. The third kappa shape index (κ3) is 2.88. The number of nitrogen functional groups attached to an aromatic ring is 1. The smallest absolute Gasteiger partial charge is 0.221 e. The molecular weight excluding hydrogens is 232 g/mol. The van der Waals surface area contributed by atoms with E-state index in [-0.39, 0.29) is 5.95 Å². The van der Waals surface area contributed by atoms with E-state index < -0.39 is 0 Å². The van der Waals surface area contributed by atoms with Crippen molar-refractivity contribution in [1.82, 2.24) is 9.97 Å². The molecule has 2 aromatic rings. The molecule has 1 heterocycles. The molecule has 0 unspecified atom stereocenters. The van der Waals surface area contributed by atoms with Crippen LogP contribution in [0.5, 0.6) is 0 Å². The van der Waals surface area contributed by atoms with Gasteiger partial charge in [-0.05, 0) is 31.4 Å². The lowest BCUT2D eigenvalue weighted by Crippen LogP contribution is -2.01. The van der Waals surface area contributed by atoms with Gasteiger partial charge in [0.1, 0.15) is 5.82 Å². The van der Waals surface area contributed by atoms with Crippen molar-refractivity contribution < 1.29 is 0 Å². The van der Waals surface area contributed by atoms with Gasteiger partial charge in [0.05, 0.1) is 0 Å². The van der Waals surface area contributed by atoms with E-state index in [0.717, 1.165) is 17.1 Å². The molecule has 0 aliphatic heterocycles. The van der Waals surface area contributed by atoms with E-state index in [4.69, 9.17) is 5.73 Å². The van der Waals surface area contributed by atoms with Crippen molar-refractivity contribution in [2.75, 3.05) is 17.3 Å². The molecule has 0 atom stereocenters. The van der Waals surface area contributed by atoms with Crippen LogP contribution in [0.3, 0.4) is 0 Å². The predicted molar refractivity (Wildman–Crippen MR) is 72.7 cm³/mol. The Morgan fingerprint density at radius 2 is 2.18 bits per heavy atom. The van der Waals surface area contributed by atoms with Gasteiger partial charge in [-0.3, -0.25) is 0 Å². The molecule has 0 spiro atoms. The van der Waals surface area contributed by atoms with Gasteiger partial charge in [-0.1, -0.05) is 6.07 Å². The second-order valence-corrected chi connectivity index (χ2v) is 4.50. The van der Waals surface area contributed by atoms with Crippen LogP contribution in [0.2, 0.25) is 0 Å². The number of nitrogens with zero attached hydrogens (tertiary/aromatic N) is 2. The minimum absolute atomic E-state index is 0.277. The fraction of sp³-hybridized carbons (Fsp3) is 0.167. The lowest BCUT2D eigenvalue weighted by Gasteiger charge is -2.09. The summed E-state index contributed by atoms with van der Waals surface area (Å²) in [4.78, 5) is 9.31. The summed E-state index contributed by atoms with van der Waals surface area (Å²) in [5.41, 5.74) is 7.54. The van der Waals surface area contributed by atoms with E-state index in [9.17, 15) is 0 Å². The van der Waals surface area contributed by atoms with E-state index in [1.807, 2.05) is 25.3 Å². The van der Waals surface area contributed by atoms with Crippen LogP contribution in [0, 0.1) is 6.92 Å². The zero-order valence-electron chi connectivity index (χ0n) is 9.77. The summed E-state index contributed by atoms with van der Waals surface area (Å²) >= 11 is 1.70. The summed E-state index contributed by atoms with van der Waals surface area (Å²) in [6.07, 6.45) is 3.76. The molecule has 0 aliphatic rings. The molecule has 4 nitrogen and oxygen atoms in total. The largest absolute Gasteiger partial charge is 0.368 e. The molecular formula is C12H14N4S. The third-order valence-corrected chi connectivity index (χ3v) is 3.05. The Balaban J connectivity index is 2.27. The first-order valence-electron chi connectivity index (χ1n) is 5.19. The topological polar surface area (TPSA) is 63.8 Å². The zero-order chi connectivity index (χ0) is 12.3. The summed E-state index contributed by atoms with van der Waals surface area (Å²) in [5, 5.41) is 3.24. The number of hydrogen-bond acceptors (Lipinski definition) is 5. The minimum atomic E-state index is 0.277. The predicted octanol–water partition coefficient (Wildman–Crippen LogP) is 2.83. The minimum Gasteiger partial charge on any atom is -0.368 e. The standard InChI is InChI=1S/C12H14N4S/c1-8-7-14-12(13)16-11(8)15-9-4-3-5-10(6-9)17-2/h3-7H,1-2H3,(H3,13,14,15,16). The highest BCUT2D eigenvalue weighted by Crippen LogP contribution is 2.22. The molecule has 0 aliphatic carbocycles. The number of thioether (sulfide) groups is 1. The number of aryl methyl sites for hydroxylation is 1. The Hall–Kier alpha value is -1.75. The SMILES string of the molecule is CSc1cccc(Nc2nc(N)ncc2C)c1. The number of nitrogens with one attached hydrogen (secondary N) is 1. The number of hydrogen-bond donors (Lipinski definition) is 2. The lowest BCUT2D eigenvalue weighted by atomic mass is 10.3. The summed E-state index contributed by atoms with van der Waals surface area (Å²) < 4.78 is 0. The highest BCUT2D eigenvalue weighted by Gasteiger charge is 2.02. The monoisotopic (exact) mass is 246 g/mol. The Morgan fingerprint density at radius 3 is 2.94 bits per heavy atom. The van der Waals surface area contributed by atoms with Crippen molar-refractivity contribution in [3.63, 3.8) is 0 Å². The van der Waals surface area contributed by atoms with Crippen molar-refractivity contribution in [3.05, 3.63) is 36.0 Å². The Bertz CT molecular complexity index is 528. The van der Waals surface area contributed by atoms with Gasteiger partial charge < -0.3 is 11.1 Å². The normalized spacial score (nSPS) is 10.2. The first kappa shape index (κ1) is 11.7. The first-order valence-corrected chi connectivity index (χ1v) is 6.41. The van der Waals surface area contributed by atoms with E-state index >= 15 is 0 Å². The fourth-order valence-electron chi connectivity index (χ4n) is 1.42. The van der Waals surface area contributed by atoms with Crippen molar-refractivity contribution in [2.24, 2.45) is 0 Å². The van der Waals surface area contributed by atoms with Crippen LogP contribution in [-0.2, 0) is 0 Å². The van der Waals surface area contributed by atoms with Gasteiger partial charge in [-0.15, -0.1) is 11.8 Å². The molecule has 3 N–H and O–H groups in total. The average molecular weight is 246 g/mol. The number of anilines is 3. The number of benzene rings is 1. The molecule has 88 valence electrons. The van der Waals surface area contributed by atoms with Crippen molar-refractivity contribution in [2.45, 2.75) is 11.8 Å². The Morgan fingerprint density at radius 1 is 1.35 bits per heavy atom. The van der Waals surface area contributed by atoms with Crippen LogP contribution in [0.15, 0.2) is 35.4 Å². The maximum atomic E-state index is 5.57. The highest BCUT2D eigenvalue weighted by molar-refractivity contribution is 7.98. The van der Waals surface area contributed by atoms with Crippen molar-refractivity contribution >= 4 is 29.2 Å². The number of nitrogens with two attached hydrogens (primary N) is 1. The van der Waals surface area contributed by atoms with Gasteiger partial charge in [0.15, 0.2) is 0 Å². The van der Waals surface area contributed by atoms with Crippen LogP contribution in [0.4, 0.5) is 17.5 Å². The second-order valence-electron chi connectivity index (χ2n) is 3.62. The van der Waals surface area contributed by atoms with E-state index in [0.29, 0.717) is 0 Å². The fourth-order valence-corrected chi connectivity index (χ4v) is 1.88. The van der Waals surface area contributed by atoms with Crippen molar-refractivity contribution in [3.8, 4) is 0 Å². The second kappa shape index (κ2) is 5.05. The number of aromatic nitrogens is 2. The van der Waals surface area contributed by atoms with Crippen LogP contribution in [-0.4, -0.2) is 16.2 Å². The van der Waals surface area contributed by atoms with E-state index in [2.05, 4.69) is 27.4 Å². The maximum Gasteiger partial charge on any atom is 0.221 e. The summed E-state index contributed by atoms with van der Waals surface area (Å²) in [6.45, 7) is 1.94. The van der Waals surface area contributed by atoms with Gasteiger partial charge in [-0.2, -0.15) is 4.98 Å². The molecule has 0 amide bonds. The quantitative estimate of drug-likeness (QED) is 0.815. The molecule has 5 heteroatoms. The molecule has 17 heavy (non-hydrogen) atoms. The zero-order valence-corrected chi connectivity index (χ0v) is 10.6. The van der Waals surface area contributed by atoms with Gasteiger partial charge >= 0.3 is 0 Å². The summed E-state index contributed by atoms with van der Waals surface area (Å²) in [6, 6.07) is 8.14. The number of rotatable bonds is 3. The van der Waals surface area contributed by atoms with Gasteiger partial charge in [0, 0.05) is 22.3 Å². The summed E-state index contributed by atoms with van der Waals surface area (Å²) in [7, 11) is 0. The van der Waals surface area contributed by atoms with E-state index in [1.165, 1.54) is 4.90 Å². The molecule has 2 rings (SSSR count). The highest BCUT2D eigenvalue weighted by atomic mass is 32.2. The van der Waals surface area contributed by atoms with Crippen LogP contribution >= 0.6 is 11.8 Å². The average Bonchev–Trinajstić information content (AvgIpc) is 2.34. The Kier molecular flexibility index (Phi) is 3.49.